The molecule has 9 nitrogen and oxygen atoms in total. The fourth-order valence-electron chi connectivity index (χ4n) is 3.14. The summed E-state index contributed by atoms with van der Waals surface area (Å²) in [5.74, 6) is -1.21. The lowest BCUT2D eigenvalue weighted by Gasteiger charge is -2.10. The third kappa shape index (κ3) is 10.5. The number of benzene rings is 2. The van der Waals surface area contributed by atoms with E-state index >= 15 is 0 Å². The molecule has 2 aromatic carbocycles. The third-order valence-electron chi connectivity index (χ3n) is 4.79. The van der Waals surface area contributed by atoms with E-state index in [0.29, 0.717) is 36.3 Å². The summed E-state index contributed by atoms with van der Waals surface area (Å²) in [5, 5.41) is 0. The first kappa shape index (κ1) is 28.3. The van der Waals surface area contributed by atoms with Crippen molar-refractivity contribution in [2.75, 3.05) is 13.2 Å². The third-order valence-corrected chi connectivity index (χ3v) is 4.79. The monoisotopic (exact) mass is 497 g/mol. The van der Waals surface area contributed by atoms with Gasteiger partial charge in [0.2, 0.25) is 5.91 Å². The van der Waals surface area contributed by atoms with Crippen molar-refractivity contribution in [2.45, 2.75) is 46.6 Å². The van der Waals surface area contributed by atoms with E-state index in [1.165, 1.54) is 13.0 Å². The molecular weight excluding hydrogens is 466 g/mol. The Balaban J connectivity index is 1.89. The van der Waals surface area contributed by atoms with Crippen molar-refractivity contribution in [3.05, 3.63) is 76.9 Å². The summed E-state index contributed by atoms with van der Waals surface area (Å²) in [6.45, 7) is 5.44. The summed E-state index contributed by atoms with van der Waals surface area (Å²) >= 11 is 0. The number of allylic oxidation sites excluding steroid dienone is 1. The molecule has 0 aliphatic carbocycles. The van der Waals surface area contributed by atoms with Crippen molar-refractivity contribution >= 4 is 23.8 Å². The van der Waals surface area contributed by atoms with Gasteiger partial charge in [-0.05, 0) is 62.1 Å². The number of hydroxylamine groups is 1. The van der Waals surface area contributed by atoms with E-state index in [-0.39, 0.29) is 25.5 Å². The molecule has 0 aliphatic rings. The zero-order chi connectivity index (χ0) is 26.3. The summed E-state index contributed by atoms with van der Waals surface area (Å²) in [5.41, 5.74) is 5.18. The van der Waals surface area contributed by atoms with E-state index in [9.17, 15) is 19.2 Å². The summed E-state index contributed by atoms with van der Waals surface area (Å²) in [7, 11) is 0. The van der Waals surface area contributed by atoms with Gasteiger partial charge in [0.25, 0.3) is 0 Å². The molecule has 0 bridgehead atoms. The number of hydrogen-bond donors (Lipinski definition) is 1. The van der Waals surface area contributed by atoms with Crippen LogP contribution in [-0.4, -0.2) is 37.0 Å². The standard InChI is InChI=1S/C27H31NO8/c1-4-33-26(31)17-22(16-20-6-11-23(12-7-20)27(32)34-5-2)10-15-25(30)28-35-18-21-8-13-24(14-9-21)36-19(3)29/h6-9,11-14,17H,4-5,10,15-16,18H2,1-3H3,(H,28,30). The molecule has 2 aromatic rings. The Morgan fingerprint density at radius 3 is 2.08 bits per heavy atom. The fourth-order valence-corrected chi connectivity index (χ4v) is 3.14. The molecule has 1 amide bonds. The molecule has 1 N–H and O–H groups in total. The molecule has 0 heterocycles. The molecule has 0 unspecified atom stereocenters. The molecule has 0 radical (unpaired) electrons. The Labute approximate surface area is 210 Å². The number of esters is 3. The van der Waals surface area contributed by atoms with Gasteiger partial charge in [-0.3, -0.25) is 14.4 Å². The quantitative estimate of drug-likeness (QED) is 0.192. The van der Waals surface area contributed by atoms with Crippen LogP contribution >= 0.6 is 0 Å². The van der Waals surface area contributed by atoms with Gasteiger partial charge in [0.15, 0.2) is 0 Å². The van der Waals surface area contributed by atoms with Gasteiger partial charge in [0, 0.05) is 19.4 Å². The average Bonchev–Trinajstić information content (AvgIpc) is 2.84. The minimum absolute atomic E-state index is 0.0948. The maximum absolute atomic E-state index is 12.3. The van der Waals surface area contributed by atoms with Crippen molar-refractivity contribution < 1.29 is 38.2 Å². The number of carbonyl (C=O) groups is 4. The molecule has 2 rings (SSSR count). The Bertz CT molecular complexity index is 1060. The van der Waals surface area contributed by atoms with E-state index in [1.54, 1.807) is 62.4 Å². The Morgan fingerprint density at radius 1 is 0.833 bits per heavy atom. The molecule has 0 fully saturated rings. The van der Waals surface area contributed by atoms with Crippen molar-refractivity contribution in [3.8, 4) is 5.75 Å². The first-order valence-corrected chi connectivity index (χ1v) is 11.6. The first-order chi connectivity index (χ1) is 17.3. The van der Waals surface area contributed by atoms with Gasteiger partial charge in [-0.15, -0.1) is 0 Å². The second-order valence-electron chi connectivity index (χ2n) is 7.70. The van der Waals surface area contributed by atoms with Crippen LogP contribution in [0.2, 0.25) is 0 Å². The van der Waals surface area contributed by atoms with Gasteiger partial charge in [-0.1, -0.05) is 29.8 Å². The molecule has 0 saturated carbocycles. The molecule has 0 atom stereocenters. The van der Waals surface area contributed by atoms with E-state index in [1.807, 2.05) is 0 Å². The Hall–Kier alpha value is -3.98. The fraction of sp³-hybridized carbons (Fsp3) is 0.333. The van der Waals surface area contributed by atoms with Crippen LogP contribution < -0.4 is 10.2 Å². The normalized spacial score (nSPS) is 10.9. The summed E-state index contributed by atoms with van der Waals surface area (Å²) in [6.07, 6.45) is 2.20. The number of rotatable bonds is 13. The SMILES string of the molecule is CCOC(=O)C=C(CCC(=O)NOCc1ccc(OC(C)=O)cc1)Cc1ccc(C(=O)OCC)cc1. The highest BCUT2D eigenvalue weighted by Gasteiger charge is 2.11. The van der Waals surface area contributed by atoms with Crippen molar-refractivity contribution in [1.82, 2.24) is 5.48 Å². The molecule has 0 aromatic heterocycles. The molecule has 0 saturated heterocycles. The zero-order valence-electron chi connectivity index (χ0n) is 20.7. The summed E-state index contributed by atoms with van der Waals surface area (Å²) in [4.78, 5) is 52.3. The minimum Gasteiger partial charge on any atom is -0.463 e. The van der Waals surface area contributed by atoms with Crippen LogP contribution in [0.15, 0.2) is 60.2 Å². The van der Waals surface area contributed by atoms with E-state index in [0.717, 1.165) is 11.1 Å². The van der Waals surface area contributed by atoms with Crippen molar-refractivity contribution in [2.24, 2.45) is 0 Å². The van der Waals surface area contributed by atoms with Crippen LogP contribution in [0.1, 0.15) is 55.1 Å². The second-order valence-corrected chi connectivity index (χ2v) is 7.70. The van der Waals surface area contributed by atoms with Crippen LogP contribution in [0, 0.1) is 0 Å². The highest BCUT2D eigenvalue weighted by molar-refractivity contribution is 5.89. The van der Waals surface area contributed by atoms with Gasteiger partial charge in [-0.25, -0.2) is 15.1 Å². The minimum atomic E-state index is -0.482. The molecule has 0 spiro atoms. The summed E-state index contributed by atoms with van der Waals surface area (Å²) in [6, 6.07) is 13.6. The van der Waals surface area contributed by atoms with Gasteiger partial charge >= 0.3 is 17.9 Å². The van der Waals surface area contributed by atoms with Gasteiger partial charge in [-0.2, -0.15) is 0 Å². The zero-order valence-corrected chi connectivity index (χ0v) is 20.7. The van der Waals surface area contributed by atoms with E-state index < -0.39 is 17.9 Å². The lowest BCUT2D eigenvalue weighted by molar-refractivity contribution is -0.137. The smallest absolute Gasteiger partial charge is 0.338 e. The summed E-state index contributed by atoms with van der Waals surface area (Å²) < 4.78 is 15.0. The van der Waals surface area contributed by atoms with Crippen molar-refractivity contribution in [1.29, 1.82) is 0 Å². The maximum Gasteiger partial charge on any atom is 0.338 e. The maximum atomic E-state index is 12.3. The van der Waals surface area contributed by atoms with Crippen LogP contribution in [0.4, 0.5) is 0 Å². The largest absolute Gasteiger partial charge is 0.463 e. The van der Waals surface area contributed by atoms with Crippen LogP contribution in [0.3, 0.4) is 0 Å². The molecule has 9 heteroatoms. The second kappa shape index (κ2) is 15.1. The first-order valence-electron chi connectivity index (χ1n) is 11.6. The Morgan fingerprint density at radius 2 is 1.47 bits per heavy atom. The molecule has 192 valence electrons. The number of ether oxygens (including phenoxy) is 3. The van der Waals surface area contributed by atoms with Gasteiger partial charge < -0.3 is 14.2 Å². The highest BCUT2D eigenvalue weighted by Crippen LogP contribution is 2.16. The van der Waals surface area contributed by atoms with Crippen LogP contribution in [0.5, 0.6) is 5.75 Å². The van der Waals surface area contributed by atoms with Gasteiger partial charge in [0.05, 0.1) is 25.4 Å². The predicted octanol–water partition coefficient (Wildman–Crippen LogP) is 3.85. The lowest BCUT2D eigenvalue weighted by Crippen LogP contribution is -2.23. The predicted molar refractivity (Wildman–Crippen MR) is 131 cm³/mol. The lowest BCUT2D eigenvalue weighted by atomic mass is 9.99. The van der Waals surface area contributed by atoms with Gasteiger partial charge in [0.1, 0.15) is 5.75 Å². The number of carbonyl (C=O) groups excluding carboxylic acids is 4. The average molecular weight is 498 g/mol. The number of hydrogen-bond acceptors (Lipinski definition) is 8. The van der Waals surface area contributed by atoms with Crippen molar-refractivity contribution in [3.63, 3.8) is 0 Å². The molecule has 0 aliphatic heterocycles. The topological polar surface area (TPSA) is 117 Å². The van der Waals surface area contributed by atoms with E-state index in [2.05, 4.69) is 5.48 Å². The highest BCUT2D eigenvalue weighted by atomic mass is 16.6. The molecular formula is C27H31NO8. The van der Waals surface area contributed by atoms with E-state index in [4.69, 9.17) is 19.0 Å². The molecule has 36 heavy (non-hydrogen) atoms. The Kier molecular flexibility index (Phi) is 11.9. The number of nitrogens with one attached hydrogen (secondary N) is 1. The van der Waals surface area contributed by atoms with Crippen LogP contribution in [0.25, 0.3) is 0 Å². The number of amides is 1. The van der Waals surface area contributed by atoms with Crippen LogP contribution in [-0.2, 0) is 41.7 Å².